The molecule has 0 aliphatic carbocycles. The first-order chi connectivity index (χ1) is 17.1. The number of hydrogen-bond donors (Lipinski definition) is 2. The van der Waals surface area contributed by atoms with E-state index < -0.39 is 6.09 Å². The van der Waals surface area contributed by atoms with Gasteiger partial charge in [0.25, 0.3) is 0 Å². The van der Waals surface area contributed by atoms with Crippen LogP contribution in [0.4, 0.5) is 21.9 Å². The first-order valence-corrected chi connectivity index (χ1v) is 12.4. The number of rotatable bonds is 6. The van der Waals surface area contributed by atoms with Crippen LogP contribution < -0.4 is 25.2 Å². The quantitative estimate of drug-likeness (QED) is 0.536. The SMILES string of the molecule is COc1ccc2nccc(N(C[C@H]3COC(=O)N3c3ccc4c(c3)NC(=O)CS4)C3CNC3)c2n1. The maximum Gasteiger partial charge on any atom is 0.414 e. The van der Waals surface area contributed by atoms with Gasteiger partial charge in [0.15, 0.2) is 0 Å². The summed E-state index contributed by atoms with van der Waals surface area (Å²) in [6.45, 7) is 2.48. The van der Waals surface area contributed by atoms with Crippen molar-refractivity contribution in [3.8, 4) is 5.88 Å². The summed E-state index contributed by atoms with van der Waals surface area (Å²) in [6.07, 6.45) is 1.39. The summed E-state index contributed by atoms with van der Waals surface area (Å²) in [5.74, 6) is 0.869. The monoisotopic (exact) mass is 492 g/mol. The standard InChI is InChI=1S/C24H24N6O4S/c1-33-22-5-3-17-23(28-22)19(6-7-26-17)29(15-9-25-10-15)11-16-12-34-24(32)30(16)14-2-4-20-18(8-14)27-21(31)13-35-20/h2-8,15-16,25H,9-13H2,1H3,(H,27,31)/t16-/m0/s1. The summed E-state index contributed by atoms with van der Waals surface area (Å²) in [5.41, 5.74) is 3.89. The van der Waals surface area contributed by atoms with E-state index in [-0.39, 0.29) is 24.6 Å². The number of thioether (sulfide) groups is 1. The molecule has 2 aromatic heterocycles. The molecule has 3 aliphatic heterocycles. The van der Waals surface area contributed by atoms with E-state index in [0.29, 0.717) is 23.9 Å². The van der Waals surface area contributed by atoms with Gasteiger partial charge in [-0.2, -0.15) is 0 Å². The van der Waals surface area contributed by atoms with Gasteiger partial charge in [0.05, 0.1) is 41.8 Å². The molecular weight excluding hydrogens is 468 g/mol. The van der Waals surface area contributed by atoms with Crippen LogP contribution in [-0.4, -0.2) is 73.2 Å². The smallest absolute Gasteiger partial charge is 0.414 e. The van der Waals surface area contributed by atoms with Gasteiger partial charge < -0.3 is 25.0 Å². The van der Waals surface area contributed by atoms with Crippen molar-refractivity contribution in [3.63, 3.8) is 0 Å². The van der Waals surface area contributed by atoms with E-state index in [1.54, 1.807) is 24.3 Å². The Morgan fingerprint density at radius 3 is 2.91 bits per heavy atom. The third-order valence-electron chi connectivity index (χ3n) is 6.50. The van der Waals surface area contributed by atoms with Gasteiger partial charge in [-0.15, -0.1) is 11.8 Å². The zero-order chi connectivity index (χ0) is 23.9. The van der Waals surface area contributed by atoms with Gasteiger partial charge in [0, 0.05) is 42.5 Å². The second kappa shape index (κ2) is 8.90. The Balaban J connectivity index is 1.35. The van der Waals surface area contributed by atoms with Crippen molar-refractivity contribution in [2.75, 3.05) is 54.2 Å². The Hall–Kier alpha value is -3.57. The third kappa shape index (κ3) is 4.00. The normalized spacial score (nSPS) is 19.7. The highest BCUT2D eigenvalue weighted by molar-refractivity contribution is 8.00. The average Bonchev–Trinajstić information content (AvgIpc) is 3.21. The van der Waals surface area contributed by atoms with Gasteiger partial charge in [-0.05, 0) is 30.3 Å². The summed E-state index contributed by atoms with van der Waals surface area (Å²) < 4.78 is 10.9. The summed E-state index contributed by atoms with van der Waals surface area (Å²) >= 11 is 1.49. The van der Waals surface area contributed by atoms with E-state index in [9.17, 15) is 9.59 Å². The molecule has 2 saturated heterocycles. The Morgan fingerprint density at radius 1 is 1.23 bits per heavy atom. The molecule has 5 heterocycles. The molecule has 180 valence electrons. The number of cyclic esters (lactones) is 1. The van der Waals surface area contributed by atoms with Crippen molar-refractivity contribution in [2.45, 2.75) is 17.0 Å². The Labute approximate surface area is 206 Å². The molecule has 0 saturated carbocycles. The highest BCUT2D eigenvalue weighted by Crippen LogP contribution is 2.37. The largest absolute Gasteiger partial charge is 0.481 e. The Morgan fingerprint density at radius 2 is 2.11 bits per heavy atom. The van der Waals surface area contributed by atoms with Crippen molar-refractivity contribution in [3.05, 3.63) is 42.6 Å². The van der Waals surface area contributed by atoms with Crippen LogP contribution in [0, 0.1) is 0 Å². The second-order valence-electron chi connectivity index (χ2n) is 8.63. The van der Waals surface area contributed by atoms with E-state index in [1.807, 2.05) is 30.3 Å². The molecule has 1 aromatic carbocycles. The lowest BCUT2D eigenvalue weighted by Gasteiger charge is -2.42. The number of nitrogens with zero attached hydrogens (tertiary/aromatic N) is 4. The number of ether oxygens (including phenoxy) is 2. The number of carbonyl (C=O) groups is 2. The molecule has 6 rings (SSSR count). The summed E-state index contributed by atoms with van der Waals surface area (Å²) in [4.78, 5) is 38.8. The fraction of sp³-hybridized carbons (Fsp3) is 0.333. The van der Waals surface area contributed by atoms with Gasteiger partial charge in [-0.25, -0.2) is 9.78 Å². The van der Waals surface area contributed by atoms with Gasteiger partial charge in [-0.1, -0.05) is 0 Å². The first-order valence-electron chi connectivity index (χ1n) is 11.4. The number of amides is 2. The topological polar surface area (TPSA) is 109 Å². The highest BCUT2D eigenvalue weighted by atomic mass is 32.2. The maximum absolute atomic E-state index is 12.8. The van der Waals surface area contributed by atoms with Crippen LogP contribution >= 0.6 is 11.8 Å². The number of fused-ring (bicyclic) bond motifs is 2. The summed E-state index contributed by atoms with van der Waals surface area (Å²) in [5, 5.41) is 6.24. The van der Waals surface area contributed by atoms with Crippen molar-refractivity contribution in [1.82, 2.24) is 15.3 Å². The van der Waals surface area contributed by atoms with E-state index in [0.717, 1.165) is 40.4 Å². The zero-order valence-electron chi connectivity index (χ0n) is 19.1. The van der Waals surface area contributed by atoms with Gasteiger partial charge in [0.1, 0.15) is 12.1 Å². The number of hydrogen-bond acceptors (Lipinski definition) is 9. The summed E-state index contributed by atoms with van der Waals surface area (Å²) in [7, 11) is 1.59. The van der Waals surface area contributed by atoms with Crippen LogP contribution in [0.5, 0.6) is 5.88 Å². The molecule has 2 amide bonds. The van der Waals surface area contributed by atoms with Crippen LogP contribution in [0.2, 0.25) is 0 Å². The number of anilines is 3. The molecule has 0 unspecified atom stereocenters. The number of pyridine rings is 2. The third-order valence-corrected chi connectivity index (χ3v) is 7.57. The molecule has 35 heavy (non-hydrogen) atoms. The molecule has 11 heteroatoms. The minimum Gasteiger partial charge on any atom is -0.481 e. The molecule has 10 nitrogen and oxygen atoms in total. The van der Waals surface area contributed by atoms with Gasteiger partial charge >= 0.3 is 6.09 Å². The molecule has 2 fully saturated rings. The lowest BCUT2D eigenvalue weighted by atomic mass is 10.1. The van der Waals surface area contributed by atoms with E-state index in [1.165, 1.54) is 11.8 Å². The minimum absolute atomic E-state index is 0.0450. The number of carbonyl (C=O) groups excluding carboxylic acids is 2. The second-order valence-corrected chi connectivity index (χ2v) is 9.65. The Kier molecular flexibility index (Phi) is 5.57. The molecule has 0 spiro atoms. The maximum atomic E-state index is 12.8. The van der Waals surface area contributed by atoms with Crippen LogP contribution in [0.25, 0.3) is 11.0 Å². The van der Waals surface area contributed by atoms with Crippen LogP contribution in [0.3, 0.4) is 0 Å². The molecule has 0 bridgehead atoms. The van der Waals surface area contributed by atoms with Crippen molar-refractivity contribution >= 4 is 51.9 Å². The number of aromatic nitrogens is 2. The van der Waals surface area contributed by atoms with Crippen LogP contribution in [0.15, 0.2) is 47.5 Å². The van der Waals surface area contributed by atoms with E-state index in [4.69, 9.17) is 9.47 Å². The highest BCUT2D eigenvalue weighted by Gasteiger charge is 2.38. The van der Waals surface area contributed by atoms with E-state index >= 15 is 0 Å². The van der Waals surface area contributed by atoms with Crippen LogP contribution in [-0.2, 0) is 9.53 Å². The summed E-state index contributed by atoms with van der Waals surface area (Å²) in [6, 6.07) is 11.4. The Bertz CT molecular complexity index is 1320. The minimum atomic E-state index is -0.393. The lowest BCUT2D eigenvalue weighted by Crippen LogP contribution is -2.60. The number of methoxy groups -OCH3 is 1. The predicted molar refractivity (Wildman–Crippen MR) is 134 cm³/mol. The molecule has 3 aromatic rings. The predicted octanol–water partition coefficient (Wildman–Crippen LogP) is 2.49. The number of nitrogens with one attached hydrogen (secondary N) is 2. The van der Waals surface area contributed by atoms with Crippen molar-refractivity contribution < 1.29 is 19.1 Å². The zero-order valence-corrected chi connectivity index (χ0v) is 19.9. The molecule has 2 N–H and O–H groups in total. The average molecular weight is 493 g/mol. The van der Waals surface area contributed by atoms with E-state index in [2.05, 4.69) is 25.5 Å². The van der Waals surface area contributed by atoms with Crippen molar-refractivity contribution in [2.24, 2.45) is 0 Å². The lowest BCUT2D eigenvalue weighted by molar-refractivity contribution is -0.113. The fourth-order valence-corrected chi connectivity index (χ4v) is 5.42. The fourth-order valence-electron chi connectivity index (χ4n) is 4.64. The molecular formula is C24H24N6O4S. The first kappa shape index (κ1) is 21.9. The van der Waals surface area contributed by atoms with Gasteiger partial charge in [0.2, 0.25) is 11.8 Å². The molecule has 3 aliphatic rings. The van der Waals surface area contributed by atoms with Crippen molar-refractivity contribution in [1.29, 1.82) is 0 Å². The number of benzene rings is 1. The molecule has 0 radical (unpaired) electrons. The molecule has 1 atom stereocenters. The van der Waals surface area contributed by atoms with Crippen LogP contribution in [0.1, 0.15) is 0 Å². The van der Waals surface area contributed by atoms with Gasteiger partial charge in [-0.3, -0.25) is 14.7 Å².